The molecule has 0 saturated carbocycles. The molecule has 3 aromatic rings. The zero-order valence-electron chi connectivity index (χ0n) is 9.56. The van der Waals surface area contributed by atoms with Crippen molar-refractivity contribution < 1.29 is 0 Å². The molecule has 0 spiro atoms. The van der Waals surface area contributed by atoms with Crippen LogP contribution in [0.5, 0.6) is 0 Å². The van der Waals surface area contributed by atoms with Crippen molar-refractivity contribution in [2.75, 3.05) is 5.73 Å². The number of aromatic nitrogens is 4. The fourth-order valence-electron chi connectivity index (χ4n) is 2.69. The van der Waals surface area contributed by atoms with E-state index < -0.39 is 0 Å². The van der Waals surface area contributed by atoms with Gasteiger partial charge in [0.2, 0.25) is 10.7 Å². The molecule has 0 fully saturated rings. The predicted molar refractivity (Wildman–Crippen MR) is 74.6 cm³/mol. The summed E-state index contributed by atoms with van der Waals surface area (Å²) in [4.78, 5) is 6.90. The normalized spacial score (nSPS) is 15.3. The highest BCUT2D eigenvalue weighted by Gasteiger charge is 2.21. The smallest absolute Gasteiger partial charge is 0.209 e. The molecule has 1 aliphatic carbocycles. The largest absolute Gasteiger partial charge is 0.369 e. The summed E-state index contributed by atoms with van der Waals surface area (Å²) in [5.41, 5.74) is 8.17. The number of nitrogen functional groups attached to an aromatic ring is 1. The Morgan fingerprint density at radius 1 is 1.33 bits per heavy atom. The van der Waals surface area contributed by atoms with E-state index in [0.29, 0.717) is 10.7 Å². The van der Waals surface area contributed by atoms with Crippen molar-refractivity contribution in [1.29, 1.82) is 0 Å². The van der Waals surface area contributed by atoms with Crippen LogP contribution >= 0.6 is 23.6 Å². The van der Waals surface area contributed by atoms with Crippen LogP contribution in [0, 0.1) is 4.77 Å². The summed E-state index contributed by atoms with van der Waals surface area (Å²) in [6.45, 7) is 0. The second kappa shape index (κ2) is 3.52. The molecular weight excluding hydrogens is 266 g/mol. The maximum absolute atomic E-state index is 5.96. The fraction of sp³-hybridized carbons (Fsp3) is 0.364. The van der Waals surface area contributed by atoms with Crippen LogP contribution in [0.1, 0.15) is 23.3 Å². The number of nitrogens with two attached hydrogens (primary N) is 1. The van der Waals surface area contributed by atoms with Crippen LogP contribution in [0.2, 0.25) is 0 Å². The summed E-state index contributed by atoms with van der Waals surface area (Å²) in [5, 5.41) is 8.26. The van der Waals surface area contributed by atoms with Crippen LogP contribution in [0.4, 0.5) is 5.95 Å². The first kappa shape index (κ1) is 10.5. The number of nitrogens with zero attached hydrogens (tertiary/aromatic N) is 3. The zero-order chi connectivity index (χ0) is 12.3. The molecule has 0 aromatic carbocycles. The van der Waals surface area contributed by atoms with Crippen LogP contribution in [0.25, 0.3) is 15.9 Å². The molecule has 92 valence electrons. The van der Waals surface area contributed by atoms with E-state index in [1.165, 1.54) is 23.3 Å². The third-order valence-electron chi connectivity index (χ3n) is 3.49. The summed E-state index contributed by atoms with van der Waals surface area (Å²) in [6.07, 6.45) is 4.75. The van der Waals surface area contributed by atoms with Crippen LogP contribution < -0.4 is 5.73 Å². The summed E-state index contributed by atoms with van der Waals surface area (Å²) in [5.74, 6) is 0.412. The Kier molecular flexibility index (Phi) is 2.04. The molecule has 0 saturated heterocycles. The summed E-state index contributed by atoms with van der Waals surface area (Å²) >= 11 is 6.94. The third kappa shape index (κ3) is 1.23. The van der Waals surface area contributed by atoms with Gasteiger partial charge in [-0.1, -0.05) is 0 Å². The minimum absolute atomic E-state index is 0.412. The molecular formula is C11H11N5S2. The zero-order valence-corrected chi connectivity index (χ0v) is 11.2. The van der Waals surface area contributed by atoms with Gasteiger partial charge >= 0.3 is 0 Å². The molecule has 3 heterocycles. The molecule has 1 aliphatic rings. The van der Waals surface area contributed by atoms with Crippen LogP contribution in [0.3, 0.4) is 0 Å². The molecule has 3 aromatic heterocycles. The van der Waals surface area contributed by atoms with E-state index in [2.05, 4.69) is 15.2 Å². The third-order valence-corrected chi connectivity index (χ3v) is 4.95. The van der Waals surface area contributed by atoms with Crippen LogP contribution in [-0.2, 0) is 12.8 Å². The number of H-pyrrole nitrogens is 1. The second-order valence-corrected chi connectivity index (χ2v) is 6.02. The molecule has 5 nitrogen and oxygen atoms in total. The van der Waals surface area contributed by atoms with Gasteiger partial charge in [-0.25, -0.2) is 9.38 Å². The van der Waals surface area contributed by atoms with Gasteiger partial charge in [-0.15, -0.1) is 11.3 Å². The Balaban J connectivity index is 2.26. The predicted octanol–water partition coefficient (Wildman–Crippen LogP) is 2.46. The summed E-state index contributed by atoms with van der Waals surface area (Å²) < 4.78 is 2.23. The highest BCUT2D eigenvalue weighted by atomic mass is 32.1. The van der Waals surface area contributed by atoms with Gasteiger partial charge in [-0.3, -0.25) is 5.10 Å². The van der Waals surface area contributed by atoms with E-state index in [9.17, 15) is 0 Å². The van der Waals surface area contributed by atoms with Gasteiger partial charge in [0.15, 0.2) is 5.65 Å². The Morgan fingerprint density at radius 2 is 2.17 bits per heavy atom. The van der Waals surface area contributed by atoms with E-state index in [-0.39, 0.29) is 0 Å². The number of aryl methyl sites for hydroxylation is 2. The van der Waals surface area contributed by atoms with Gasteiger partial charge in [-0.05, 0) is 43.5 Å². The van der Waals surface area contributed by atoms with E-state index in [1.54, 1.807) is 15.7 Å². The molecule has 0 atom stereocenters. The minimum atomic E-state index is 0.412. The Labute approximate surface area is 112 Å². The lowest BCUT2D eigenvalue weighted by atomic mass is 9.97. The molecule has 0 unspecified atom stereocenters. The lowest BCUT2D eigenvalue weighted by Gasteiger charge is -2.10. The number of hydrogen-bond acceptors (Lipinski definition) is 5. The first-order valence-electron chi connectivity index (χ1n) is 5.92. The number of hydrogen-bond donors (Lipinski definition) is 2. The molecule has 0 amide bonds. The lowest BCUT2D eigenvalue weighted by Crippen LogP contribution is -2.02. The van der Waals surface area contributed by atoms with Gasteiger partial charge in [0.25, 0.3) is 0 Å². The van der Waals surface area contributed by atoms with Gasteiger partial charge in [0.1, 0.15) is 4.83 Å². The molecule has 0 radical (unpaired) electrons. The highest BCUT2D eigenvalue weighted by Crippen LogP contribution is 2.37. The number of nitrogens with one attached hydrogen (secondary N) is 1. The van der Waals surface area contributed by atoms with Gasteiger partial charge in [0, 0.05) is 4.88 Å². The van der Waals surface area contributed by atoms with Crippen molar-refractivity contribution in [2.24, 2.45) is 0 Å². The van der Waals surface area contributed by atoms with E-state index in [0.717, 1.165) is 28.7 Å². The second-order valence-electron chi connectivity index (χ2n) is 4.55. The van der Waals surface area contributed by atoms with Crippen molar-refractivity contribution in [1.82, 2.24) is 19.6 Å². The fourth-order valence-corrected chi connectivity index (χ4v) is 4.18. The average molecular weight is 277 g/mol. The van der Waals surface area contributed by atoms with Crippen molar-refractivity contribution in [3.05, 3.63) is 15.2 Å². The van der Waals surface area contributed by atoms with Gasteiger partial charge in [-0.2, -0.15) is 5.10 Å². The minimum Gasteiger partial charge on any atom is -0.369 e. The number of fused-ring (bicyclic) bond motifs is 5. The molecule has 0 bridgehead atoms. The van der Waals surface area contributed by atoms with E-state index in [1.807, 2.05) is 0 Å². The molecule has 0 aliphatic heterocycles. The first-order valence-corrected chi connectivity index (χ1v) is 7.15. The number of aromatic amines is 1. The Bertz CT molecular complexity index is 825. The average Bonchev–Trinajstić information content (AvgIpc) is 2.90. The van der Waals surface area contributed by atoms with Crippen LogP contribution in [0.15, 0.2) is 0 Å². The molecule has 3 N–H and O–H groups in total. The summed E-state index contributed by atoms with van der Waals surface area (Å²) in [6, 6.07) is 0. The van der Waals surface area contributed by atoms with Crippen molar-refractivity contribution in [3.8, 4) is 0 Å². The number of anilines is 1. The van der Waals surface area contributed by atoms with Gasteiger partial charge in [0.05, 0.1) is 5.39 Å². The van der Waals surface area contributed by atoms with Crippen LogP contribution in [-0.4, -0.2) is 19.6 Å². The SMILES string of the molecule is Nc1nc2sc3c(c2c2n[nH]c(=S)n12)CCCC3. The maximum atomic E-state index is 5.96. The standard InChI is InChI=1S/C11H11N5S2/c12-10-13-9-7(8-14-15-11(17)16(8)10)5-3-1-2-4-6(5)18-9/h1-4H2,(H2,12,13)(H,15,17). The highest BCUT2D eigenvalue weighted by molar-refractivity contribution is 7.71. The maximum Gasteiger partial charge on any atom is 0.209 e. The monoisotopic (exact) mass is 277 g/mol. The quantitative estimate of drug-likeness (QED) is 0.619. The molecule has 7 heteroatoms. The van der Waals surface area contributed by atoms with Crippen molar-refractivity contribution in [2.45, 2.75) is 25.7 Å². The number of thiophene rings is 1. The first-order chi connectivity index (χ1) is 8.75. The molecule has 18 heavy (non-hydrogen) atoms. The Morgan fingerprint density at radius 3 is 3.06 bits per heavy atom. The van der Waals surface area contributed by atoms with E-state index >= 15 is 0 Å². The van der Waals surface area contributed by atoms with Crippen molar-refractivity contribution >= 4 is 45.4 Å². The lowest BCUT2D eigenvalue weighted by molar-refractivity contribution is 0.700. The number of rotatable bonds is 0. The Hall–Kier alpha value is -1.47. The van der Waals surface area contributed by atoms with Crippen molar-refractivity contribution in [3.63, 3.8) is 0 Å². The summed E-state index contributed by atoms with van der Waals surface area (Å²) in [7, 11) is 0. The van der Waals surface area contributed by atoms with E-state index in [4.69, 9.17) is 18.0 Å². The van der Waals surface area contributed by atoms with Gasteiger partial charge < -0.3 is 5.73 Å². The topological polar surface area (TPSA) is 72.0 Å². The molecule has 4 rings (SSSR count).